The van der Waals surface area contributed by atoms with E-state index in [1.807, 2.05) is 36.4 Å². The molecule has 11 rings (SSSR count). The summed E-state index contributed by atoms with van der Waals surface area (Å²) >= 11 is 1.22. The molecule has 0 spiro atoms. The Morgan fingerprint density at radius 1 is 0.464 bits per heavy atom. The van der Waals surface area contributed by atoms with Gasteiger partial charge in [-0.15, -0.1) is 0 Å². The molecular weight excluding hydrogens is 708 g/mol. The van der Waals surface area contributed by atoms with Crippen molar-refractivity contribution in [2.75, 3.05) is 4.90 Å². The Labute approximate surface area is 326 Å². The highest BCUT2D eigenvalue weighted by atomic mass is 32.1. The molecule has 6 heteroatoms. The molecule has 4 nitrogen and oxygen atoms in total. The third-order valence-corrected chi connectivity index (χ3v) is 11.4. The first kappa shape index (κ1) is 32.3. The second kappa shape index (κ2) is 13.0. The maximum Gasteiger partial charge on any atom is 0.129 e. The summed E-state index contributed by atoms with van der Waals surface area (Å²) in [5, 5.41) is 7.53. The van der Waals surface area contributed by atoms with E-state index >= 15 is 0 Å². The number of fused-ring (bicyclic) bond motifs is 8. The Balaban J connectivity index is 1.04. The quantitative estimate of drug-likeness (QED) is 0.170. The van der Waals surface area contributed by atoms with Crippen molar-refractivity contribution in [1.29, 1.82) is 0 Å². The van der Waals surface area contributed by atoms with Crippen LogP contribution in [0, 0.1) is 5.82 Å². The number of para-hydroxylation sites is 1. The number of hydrogen-bond donors (Lipinski definition) is 0. The third-order valence-electron chi connectivity index (χ3n) is 10.9. The summed E-state index contributed by atoms with van der Waals surface area (Å²) in [6, 6.07) is 64.7. The van der Waals surface area contributed by atoms with Crippen LogP contribution in [0.25, 0.3) is 82.3 Å². The van der Waals surface area contributed by atoms with Crippen molar-refractivity contribution < 1.29 is 4.39 Å². The third kappa shape index (κ3) is 5.18. The number of halogens is 1. The van der Waals surface area contributed by atoms with Crippen molar-refractivity contribution in [3.63, 3.8) is 0 Å². The molecule has 0 atom stereocenters. The lowest BCUT2D eigenvalue weighted by molar-refractivity contribution is 0.628. The van der Waals surface area contributed by atoms with E-state index in [1.54, 1.807) is 0 Å². The fraction of sp³-hybridized carbons (Fsp3) is 0. The maximum absolute atomic E-state index is 13.8. The van der Waals surface area contributed by atoms with Crippen LogP contribution in [0.15, 0.2) is 188 Å². The van der Waals surface area contributed by atoms with E-state index < -0.39 is 0 Å². The predicted octanol–water partition coefficient (Wildman–Crippen LogP) is 14.0. The zero-order valence-electron chi connectivity index (χ0n) is 30.0. The molecule has 0 amide bonds. The molecule has 0 aliphatic carbocycles. The highest BCUT2D eigenvalue weighted by Gasteiger charge is 2.21. The smallest absolute Gasteiger partial charge is 0.129 e. The summed E-state index contributed by atoms with van der Waals surface area (Å²) < 4.78 is 26.0. The van der Waals surface area contributed by atoms with E-state index in [-0.39, 0.29) is 5.82 Å². The first-order chi connectivity index (χ1) is 27.7. The number of aromatic nitrogens is 3. The molecule has 2 heterocycles. The number of benzene rings is 9. The van der Waals surface area contributed by atoms with Gasteiger partial charge in [0.2, 0.25) is 0 Å². The van der Waals surface area contributed by atoms with Crippen LogP contribution in [0.4, 0.5) is 21.5 Å². The van der Waals surface area contributed by atoms with Gasteiger partial charge in [0.25, 0.3) is 0 Å². The molecule has 2 aromatic heterocycles. The Morgan fingerprint density at radius 2 is 1.07 bits per heavy atom. The maximum atomic E-state index is 13.8. The average molecular weight is 739 g/mol. The van der Waals surface area contributed by atoms with Gasteiger partial charge in [0.05, 0.1) is 28.4 Å². The van der Waals surface area contributed by atoms with Crippen LogP contribution in [0.2, 0.25) is 0 Å². The Kier molecular flexibility index (Phi) is 7.50. The molecular formula is C50H31FN4S. The van der Waals surface area contributed by atoms with Crippen molar-refractivity contribution in [2.45, 2.75) is 0 Å². The molecule has 0 saturated carbocycles. The van der Waals surface area contributed by atoms with Crippen molar-refractivity contribution in [3.05, 3.63) is 194 Å². The van der Waals surface area contributed by atoms with E-state index in [1.165, 1.54) is 67.2 Å². The van der Waals surface area contributed by atoms with Gasteiger partial charge in [-0.25, -0.2) is 4.39 Å². The van der Waals surface area contributed by atoms with Gasteiger partial charge in [0, 0.05) is 33.4 Å². The zero-order chi connectivity index (χ0) is 37.2. The van der Waals surface area contributed by atoms with Crippen LogP contribution in [-0.2, 0) is 0 Å². The topological polar surface area (TPSA) is 34.0 Å². The lowest BCUT2D eigenvalue weighted by Gasteiger charge is -2.26. The Bertz CT molecular complexity index is 3170. The van der Waals surface area contributed by atoms with E-state index in [0.717, 1.165) is 56.0 Å². The zero-order valence-corrected chi connectivity index (χ0v) is 30.8. The molecule has 264 valence electrons. The van der Waals surface area contributed by atoms with E-state index in [2.05, 4.69) is 149 Å². The van der Waals surface area contributed by atoms with Gasteiger partial charge >= 0.3 is 0 Å². The molecule has 56 heavy (non-hydrogen) atoms. The second-order valence-corrected chi connectivity index (χ2v) is 14.6. The monoisotopic (exact) mass is 738 g/mol. The second-order valence-electron chi connectivity index (χ2n) is 14.1. The fourth-order valence-corrected chi connectivity index (χ4v) is 8.92. The minimum Gasteiger partial charge on any atom is -0.309 e. The van der Waals surface area contributed by atoms with E-state index in [4.69, 9.17) is 8.75 Å². The van der Waals surface area contributed by atoms with Crippen LogP contribution in [0.1, 0.15) is 0 Å². The summed E-state index contributed by atoms with van der Waals surface area (Å²) in [5.74, 6) is -0.252. The van der Waals surface area contributed by atoms with Crippen LogP contribution in [0.5, 0.6) is 0 Å². The van der Waals surface area contributed by atoms with E-state index in [9.17, 15) is 4.39 Å². The summed E-state index contributed by atoms with van der Waals surface area (Å²) in [4.78, 5) is 2.22. The minimum atomic E-state index is -0.252. The lowest BCUT2D eigenvalue weighted by Crippen LogP contribution is -2.10. The van der Waals surface area contributed by atoms with Gasteiger partial charge in [-0.05, 0) is 111 Å². The summed E-state index contributed by atoms with van der Waals surface area (Å²) in [5.41, 5.74) is 12.1. The van der Waals surface area contributed by atoms with Gasteiger partial charge in [-0.2, -0.15) is 8.75 Å². The first-order valence-electron chi connectivity index (χ1n) is 18.6. The molecule has 0 aliphatic rings. The highest BCUT2D eigenvalue weighted by Crippen LogP contribution is 2.44. The van der Waals surface area contributed by atoms with Gasteiger partial charge in [-0.1, -0.05) is 115 Å². The van der Waals surface area contributed by atoms with Gasteiger partial charge < -0.3 is 9.47 Å². The van der Waals surface area contributed by atoms with Crippen molar-refractivity contribution in [1.82, 2.24) is 13.3 Å². The molecule has 9 aromatic carbocycles. The number of anilines is 3. The molecule has 11 aromatic rings. The number of rotatable bonds is 6. The van der Waals surface area contributed by atoms with Crippen molar-refractivity contribution in [2.24, 2.45) is 0 Å². The highest BCUT2D eigenvalue weighted by molar-refractivity contribution is 7.00. The molecule has 0 unspecified atom stereocenters. The molecule has 0 fully saturated rings. The van der Waals surface area contributed by atoms with E-state index in [0.29, 0.717) is 0 Å². The van der Waals surface area contributed by atoms with Gasteiger partial charge in [0.15, 0.2) is 0 Å². The Hall–Kier alpha value is -7.15. The predicted molar refractivity (Wildman–Crippen MR) is 232 cm³/mol. The van der Waals surface area contributed by atoms with Crippen LogP contribution < -0.4 is 4.90 Å². The SMILES string of the molecule is Fc1ccc(-c2cccc(N(c3ccccc3)c3ccc(-c4ccc(-n5c6ccc7ccccc7c6c6c7ccccc7ccc65)cc4)c4nsnc34)c2)cc1. The molecule has 0 aliphatic heterocycles. The average Bonchev–Trinajstić information content (AvgIpc) is 3.89. The van der Waals surface area contributed by atoms with Gasteiger partial charge in [-0.3, -0.25) is 0 Å². The first-order valence-corrected chi connectivity index (χ1v) is 19.3. The number of nitrogens with zero attached hydrogens (tertiary/aromatic N) is 4. The minimum absolute atomic E-state index is 0.252. The van der Waals surface area contributed by atoms with Crippen LogP contribution in [-0.4, -0.2) is 13.3 Å². The summed E-state index contributed by atoms with van der Waals surface area (Å²) in [6.07, 6.45) is 0. The Morgan fingerprint density at radius 3 is 1.77 bits per heavy atom. The normalized spacial score (nSPS) is 11.7. The standard InChI is InChI=1S/C50H31FN4S/c51-37-23-17-32(18-24-37)36-11-8-14-40(31-36)54(38-12-2-1-3-13-38)46-30-27-43(49-50(46)53-56-52-49)35-19-25-39(26-20-35)55-44-28-21-33-9-4-6-15-41(33)47(44)48-42-16-7-5-10-34(42)22-29-45(48)55/h1-31H. The van der Waals surface area contributed by atoms with Crippen molar-refractivity contribution >= 4 is 83.2 Å². The largest absolute Gasteiger partial charge is 0.309 e. The summed E-state index contributed by atoms with van der Waals surface area (Å²) in [7, 11) is 0. The van der Waals surface area contributed by atoms with Crippen molar-refractivity contribution in [3.8, 4) is 27.9 Å². The van der Waals surface area contributed by atoms with Gasteiger partial charge in [0.1, 0.15) is 16.9 Å². The number of hydrogen-bond acceptors (Lipinski definition) is 4. The molecule has 0 bridgehead atoms. The lowest BCUT2D eigenvalue weighted by atomic mass is 10.00. The fourth-order valence-electron chi connectivity index (χ4n) is 8.35. The van der Waals surface area contributed by atoms with Crippen LogP contribution in [0.3, 0.4) is 0 Å². The molecule has 0 radical (unpaired) electrons. The van der Waals surface area contributed by atoms with Crippen LogP contribution >= 0.6 is 11.7 Å². The summed E-state index contributed by atoms with van der Waals surface area (Å²) in [6.45, 7) is 0. The molecule has 0 N–H and O–H groups in total. The molecule has 0 saturated heterocycles.